The van der Waals surface area contributed by atoms with Gasteiger partial charge in [0.15, 0.2) is 0 Å². The number of alkyl halides is 13. The van der Waals surface area contributed by atoms with Gasteiger partial charge in [0.2, 0.25) is 11.8 Å². The topological polar surface area (TPSA) is 263 Å². The molecule has 0 saturated heterocycles. The predicted molar refractivity (Wildman–Crippen MR) is 467 cm³/mol. The molecule has 3 amide bonds. The number of anilines is 6. The average molecular weight is 1940 g/mol. The highest BCUT2D eigenvalue weighted by atomic mass is 79.9. The summed E-state index contributed by atoms with van der Waals surface area (Å²) >= 11 is 27.0. The molecule has 0 radical (unpaired) electrons. The van der Waals surface area contributed by atoms with E-state index in [9.17, 15) is 71.9 Å². The molecule has 4 heterocycles. The zero-order chi connectivity index (χ0) is 93.7. The van der Waals surface area contributed by atoms with Crippen LogP contribution in [-0.4, -0.2) is 134 Å². The van der Waals surface area contributed by atoms with Crippen molar-refractivity contribution in [2.75, 3.05) is 126 Å². The van der Waals surface area contributed by atoms with Crippen LogP contribution in [0, 0.1) is 0 Å². The molecule has 10 aromatic carbocycles. The first kappa shape index (κ1) is 100. The Hall–Kier alpha value is -11.4. The first-order chi connectivity index (χ1) is 60.6. The van der Waals surface area contributed by atoms with Crippen LogP contribution < -0.4 is 69.0 Å². The van der Waals surface area contributed by atoms with Gasteiger partial charge in [-0.3, -0.25) is 19.2 Å². The molecule has 4 aliphatic rings. The number of hydrogen-bond acceptors (Lipinski definition) is 17. The van der Waals surface area contributed by atoms with Gasteiger partial charge in [-0.15, -0.1) is 0 Å². The third kappa shape index (κ3) is 27.1. The van der Waals surface area contributed by atoms with E-state index in [1.54, 1.807) is 116 Å². The molecular formula is C90H85BrCl4F12N6O15. The maximum absolute atomic E-state index is 14.0. The number of methoxy groups -OCH3 is 6. The lowest BCUT2D eigenvalue weighted by Crippen LogP contribution is -2.37. The molecule has 14 rings (SSSR count). The van der Waals surface area contributed by atoms with E-state index >= 15 is 0 Å². The summed E-state index contributed by atoms with van der Waals surface area (Å²) in [5.74, 6) is 1.79. The summed E-state index contributed by atoms with van der Waals surface area (Å²) < 4.78 is 197. The second-order valence-electron chi connectivity index (χ2n) is 28.2. The lowest BCUT2D eigenvalue weighted by Gasteiger charge is -2.27. The van der Waals surface area contributed by atoms with Crippen LogP contribution in [0.2, 0.25) is 20.1 Å². The van der Waals surface area contributed by atoms with E-state index in [-0.39, 0.29) is 63.3 Å². The van der Waals surface area contributed by atoms with Gasteiger partial charge in [0.05, 0.1) is 91.0 Å². The number of halogens is 17. The zero-order valence-corrected chi connectivity index (χ0v) is 73.6. The molecule has 128 heavy (non-hydrogen) atoms. The van der Waals surface area contributed by atoms with Crippen molar-refractivity contribution in [2.45, 2.75) is 74.1 Å². The average Bonchev–Trinajstić information content (AvgIpc) is 1.63. The standard InChI is InChI=1S/C27H26ClF3N2O5.C18H14BrClF3NO2.C18H15ClF3NO2.C9H9ClO3.C9H8F3N.C9H13NO3/c1-36-20-13-19(14-21(15-20)38-10-9-34)32-25(22-6-5-18(28)12-24(22)37-2)26(35)33-8-7-16-3-4-17(11-23(16)33)27(29,30)31;1-26-15-9-12(20)4-5-13(15)16(19)17(25)24-7-6-10-2-3-11(8-14(10)24)18(21,22)23;1-25-16-10-14(19)5-3-12(16)8-17(24)23-7-6-11-2-4-13(9-15(11)23)18(20,21)22;1-13-8-5-7(10)3-2-6(8)4-9(11)12;10-9(11,12)7-2-1-6-3-4-13-8(6)5-7;1-12-8-4-7(10)5-9(6-8)13-3-2-11/h3-6,11-15,25,32,34H,7-10H2,1-2H3;2-5,8-9,16H,6-7H2,1H3;2-5,9-10H,6-8H2,1H3;2-3,5H,4H2,1H3,(H,11,12);1-2,5,13H,3-4H2;4-6,11H,2-3,10H2,1H3. The fourth-order valence-corrected chi connectivity index (χ4v) is 14.9. The number of ether oxygens (including phenoxy) is 8. The Balaban J connectivity index is 0.000000182. The molecular weight excluding hydrogens is 1850 g/mol. The molecule has 0 bridgehead atoms. The van der Waals surface area contributed by atoms with E-state index in [1.165, 1.54) is 80.6 Å². The predicted octanol–water partition coefficient (Wildman–Crippen LogP) is 20.7. The number of fused-ring (bicyclic) bond motifs is 4. The Bertz CT molecular complexity index is 5560. The van der Waals surface area contributed by atoms with Gasteiger partial charge in [-0.25, -0.2) is 0 Å². The fourth-order valence-electron chi connectivity index (χ4n) is 13.7. The van der Waals surface area contributed by atoms with Gasteiger partial charge in [0.1, 0.15) is 70.1 Å². The molecule has 4 aliphatic heterocycles. The summed E-state index contributed by atoms with van der Waals surface area (Å²) in [7, 11) is 8.88. The van der Waals surface area contributed by atoms with Crippen molar-refractivity contribution in [3.63, 3.8) is 0 Å². The highest BCUT2D eigenvalue weighted by Gasteiger charge is 2.40. The molecule has 0 spiro atoms. The molecule has 2 unspecified atom stereocenters. The first-order valence-electron chi connectivity index (χ1n) is 38.6. The second-order valence-corrected chi connectivity index (χ2v) is 30.9. The number of aliphatic carboxylic acids is 1. The summed E-state index contributed by atoms with van der Waals surface area (Å²) in [6, 6.07) is 42.7. The molecule has 0 fully saturated rings. The number of aliphatic hydroxyl groups is 2. The maximum atomic E-state index is 14.0. The van der Waals surface area contributed by atoms with E-state index in [2.05, 4.69) is 26.6 Å². The largest absolute Gasteiger partial charge is 0.497 e. The van der Waals surface area contributed by atoms with Gasteiger partial charge in [-0.1, -0.05) is 111 Å². The maximum Gasteiger partial charge on any atom is 0.416 e. The van der Waals surface area contributed by atoms with Gasteiger partial charge in [0.25, 0.3) is 5.91 Å². The molecule has 0 aliphatic carbocycles. The number of carboxylic acids is 1. The van der Waals surface area contributed by atoms with Crippen LogP contribution >= 0.6 is 62.3 Å². The molecule has 21 nitrogen and oxygen atoms in total. The van der Waals surface area contributed by atoms with Crippen molar-refractivity contribution >= 4 is 120 Å². The Morgan fingerprint density at radius 3 is 1.26 bits per heavy atom. The number of carbonyl (C=O) groups excluding carboxylic acids is 3. The summed E-state index contributed by atoms with van der Waals surface area (Å²) in [6.45, 7) is 1.73. The van der Waals surface area contributed by atoms with Gasteiger partial charge >= 0.3 is 30.7 Å². The van der Waals surface area contributed by atoms with Crippen molar-refractivity contribution in [1.82, 2.24) is 0 Å². The van der Waals surface area contributed by atoms with Gasteiger partial charge in [-0.2, -0.15) is 52.7 Å². The number of hydrogen-bond donors (Lipinski definition) is 6. The minimum atomic E-state index is -4.55. The van der Waals surface area contributed by atoms with E-state index in [0.29, 0.717) is 160 Å². The van der Waals surface area contributed by atoms with E-state index in [0.717, 1.165) is 66.6 Å². The van der Waals surface area contributed by atoms with Crippen LogP contribution in [0.5, 0.6) is 46.0 Å². The number of rotatable bonds is 22. The second kappa shape index (κ2) is 45.0. The summed E-state index contributed by atoms with van der Waals surface area (Å²) in [5.41, 5.74) is 10.4. The lowest BCUT2D eigenvalue weighted by atomic mass is 10.0. The number of amides is 3. The Kier molecular flexibility index (Phi) is 35.3. The van der Waals surface area contributed by atoms with Crippen molar-refractivity contribution in [1.29, 1.82) is 0 Å². The van der Waals surface area contributed by atoms with Gasteiger partial charge < -0.3 is 84.3 Å². The quantitative estimate of drug-likeness (QED) is 0.0209. The van der Waals surface area contributed by atoms with Crippen LogP contribution in [0.3, 0.4) is 0 Å². The van der Waals surface area contributed by atoms with Crippen molar-refractivity contribution in [2.24, 2.45) is 0 Å². The number of carboxylic acid groups (broad SMARTS) is 1. The zero-order valence-electron chi connectivity index (χ0n) is 69.0. The fraction of sp³-hybridized carbons (Fsp3) is 0.289. The van der Waals surface area contributed by atoms with Crippen molar-refractivity contribution in [3.05, 3.63) is 269 Å². The van der Waals surface area contributed by atoms with Crippen LogP contribution in [0.4, 0.5) is 86.8 Å². The minimum absolute atomic E-state index is 0.0168. The Morgan fingerprint density at radius 1 is 0.438 bits per heavy atom. The number of benzene rings is 10. The van der Waals surface area contributed by atoms with Crippen LogP contribution in [0.15, 0.2) is 182 Å². The van der Waals surface area contributed by atoms with Crippen LogP contribution in [-0.2, 0) is 82.4 Å². The highest BCUT2D eigenvalue weighted by Crippen LogP contribution is 2.45. The summed E-state index contributed by atoms with van der Waals surface area (Å²) in [4.78, 5) is 53.4. The summed E-state index contributed by atoms with van der Waals surface area (Å²) in [5, 5.41) is 34.2. The third-order valence-electron chi connectivity index (χ3n) is 19.8. The molecule has 684 valence electrons. The Morgan fingerprint density at radius 2 is 0.812 bits per heavy atom. The van der Waals surface area contributed by atoms with Crippen molar-refractivity contribution < 1.29 is 125 Å². The highest BCUT2D eigenvalue weighted by molar-refractivity contribution is 9.09. The van der Waals surface area contributed by atoms with Gasteiger partial charge in [-0.05, 0) is 145 Å². The Labute approximate surface area is 756 Å². The molecule has 0 aromatic heterocycles. The van der Waals surface area contributed by atoms with Crippen molar-refractivity contribution in [3.8, 4) is 46.0 Å². The van der Waals surface area contributed by atoms with Gasteiger partial charge in [0, 0.05) is 139 Å². The lowest BCUT2D eigenvalue weighted by molar-refractivity contribution is -0.138. The number of nitrogen functional groups attached to an aromatic ring is 1. The summed E-state index contributed by atoms with van der Waals surface area (Å²) in [6.07, 6.45) is -15.4. The van der Waals surface area contributed by atoms with Crippen LogP contribution in [0.25, 0.3) is 0 Å². The number of nitrogens with zero attached hydrogens (tertiary/aromatic N) is 3. The monoisotopic (exact) mass is 1940 g/mol. The number of aliphatic hydroxyl groups excluding tert-OH is 2. The number of carbonyl (C=O) groups is 4. The smallest absolute Gasteiger partial charge is 0.416 e. The SMILES string of the molecule is COc1cc(Cl)ccc1C(Br)C(=O)N1CCc2ccc(C(F)(F)F)cc21.COc1cc(Cl)ccc1CC(=O)N1CCc2ccc(C(F)(F)F)cc21.COc1cc(Cl)ccc1CC(=O)O.COc1cc(N)cc(OCCO)c1.COc1cc(NC(C(=O)N2CCc3ccc(C(F)(F)F)cc32)c2ccc(Cl)cc2OC)cc(OCCO)c1.FC(F)(F)c1ccc2c(c1)NCC2. The third-order valence-corrected chi connectivity index (χ3v) is 21.6. The molecule has 10 aromatic rings. The normalized spacial score (nSPS) is 13.3. The molecule has 7 N–H and O–H groups in total. The van der Waals surface area contributed by atoms with E-state index < -0.39 is 69.7 Å². The molecule has 0 saturated carbocycles. The number of nitrogens with one attached hydrogen (secondary N) is 2. The molecule has 2 atom stereocenters. The number of nitrogens with two attached hydrogens (primary N) is 1. The first-order valence-corrected chi connectivity index (χ1v) is 41.1. The van der Waals surface area contributed by atoms with E-state index in [4.69, 9.17) is 105 Å². The van der Waals surface area contributed by atoms with Crippen LogP contribution in [0.1, 0.15) is 77.6 Å². The van der Waals surface area contributed by atoms with E-state index in [1.807, 2.05) is 0 Å². The molecule has 38 heteroatoms. The minimum Gasteiger partial charge on any atom is -0.497 e.